The first kappa shape index (κ1) is 16.8. The fraction of sp³-hybridized carbons (Fsp3) is 0.455. The van der Waals surface area contributed by atoms with Crippen LogP contribution in [0.5, 0.6) is 23.0 Å². The van der Waals surface area contributed by atoms with E-state index in [1.807, 2.05) is 30.3 Å². The molecule has 5 rings (SSSR count). The van der Waals surface area contributed by atoms with Crippen molar-refractivity contribution in [3.63, 3.8) is 0 Å². The summed E-state index contributed by atoms with van der Waals surface area (Å²) >= 11 is 0. The second-order valence-electron chi connectivity index (χ2n) is 8.34. The van der Waals surface area contributed by atoms with Crippen molar-refractivity contribution in [3.05, 3.63) is 47.0 Å². The molecule has 5 nitrogen and oxygen atoms in total. The van der Waals surface area contributed by atoms with Gasteiger partial charge in [-0.1, -0.05) is 6.92 Å². The molecule has 0 fully saturated rings. The smallest absolute Gasteiger partial charge is 0.168 e. The van der Waals surface area contributed by atoms with E-state index in [0.29, 0.717) is 11.7 Å². The molecule has 0 saturated heterocycles. The molecule has 3 atom stereocenters. The van der Waals surface area contributed by atoms with Gasteiger partial charge in [-0.05, 0) is 50.5 Å². The Balaban J connectivity index is 1.61. The molecule has 2 aromatic rings. The molecule has 0 spiro atoms. The molecule has 5 heteroatoms. The van der Waals surface area contributed by atoms with Crippen molar-refractivity contribution in [3.8, 4) is 23.0 Å². The molecule has 0 bridgehead atoms. The van der Waals surface area contributed by atoms with Gasteiger partial charge in [0.25, 0.3) is 0 Å². The summed E-state index contributed by atoms with van der Waals surface area (Å²) < 4.78 is 23.8. The minimum Gasteiger partial charge on any atom is -0.497 e. The molecule has 3 aliphatic heterocycles. The van der Waals surface area contributed by atoms with Gasteiger partial charge in [-0.2, -0.15) is 0 Å². The minimum atomic E-state index is -1.21. The van der Waals surface area contributed by atoms with E-state index >= 15 is 0 Å². The van der Waals surface area contributed by atoms with Crippen LogP contribution in [0.15, 0.2) is 30.3 Å². The number of hydrogen-bond donors (Lipinski definition) is 1. The highest BCUT2D eigenvalue weighted by atomic mass is 16.5. The molecule has 27 heavy (non-hydrogen) atoms. The van der Waals surface area contributed by atoms with Gasteiger partial charge in [0, 0.05) is 22.8 Å². The van der Waals surface area contributed by atoms with Gasteiger partial charge in [0.1, 0.15) is 35.2 Å². The summed E-state index contributed by atoms with van der Waals surface area (Å²) in [5.41, 5.74) is 1.22. The van der Waals surface area contributed by atoms with Crippen LogP contribution in [0.2, 0.25) is 0 Å². The molecule has 0 aromatic heterocycles. The van der Waals surface area contributed by atoms with E-state index in [4.69, 9.17) is 18.9 Å². The Hall–Kier alpha value is -2.40. The number of benzene rings is 2. The summed E-state index contributed by atoms with van der Waals surface area (Å²) in [7, 11) is 1.62. The summed E-state index contributed by atoms with van der Waals surface area (Å²) in [6, 6.07) is 9.48. The van der Waals surface area contributed by atoms with Crippen LogP contribution < -0.4 is 18.9 Å². The molecule has 142 valence electrons. The van der Waals surface area contributed by atoms with Crippen LogP contribution in [0.3, 0.4) is 0 Å². The summed E-state index contributed by atoms with van der Waals surface area (Å²) in [6.45, 7) is 6.55. The van der Waals surface area contributed by atoms with Gasteiger partial charge in [-0.15, -0.1) is 0 Å². The Morgan fingerprint density at radius 3 is 2.74 bits per heavy atom. The largest absolute Gasteiger partial charge is 0.497 e. The van der Waals surface area contributed by atoms with Gasteiger partial charge in [0.2, 0.25) is 0 Å². The van der Waals surface area contributed by atoms with Gasteiger partial charge < -0.3 is 24.1 Å². The highest BCUT2D eigenvalue weighted by molar-refractivity contribution is 5.59. The number of aliphatic hydroxyl groups is 1. The molecule has 3 heterocycles. The van der Waals surface area contributed by atoms with Crippen LogP contribution in [0, 0.1) is 5.92 Å². The lowest BCUT2D eigenvalue weighted by molar-refractivity contribution is -0.0865. The Labute approximate surface area is 158 Å². The molecule has 2 aromatic carbocycles. The molecule has 3 aliphatic rings. The summed E-state index contributed by atoms with van der Waals surface area (Å²) in [4.78, 5) is 0. The average molecular weight is 368 g/mol. The summed E-state index contributed by atoms with van der Waals surface area (Å²) in [5, 5.41) is 11.5. The third-order valence-electron chi connectivity index (χ3n) is 6.37. The Kier molecular flexibility index (Phi) is 3.30. The van der Waals surface area contributed by atoms with Crippen molar-refractivity contribution in [2.75, 3.05) is 13.7 Å². The highest BCUT2D eigenvalue weighted by Gasteiger charge is 2.54. The Bertz CT molecular complexity index is 935. The first-order chi connectivity index (χ1) is 12.8. The number of ether oxygens (including phenoxy) is 4. The standard InChI is InChI=1S/C22H24O5/c1-12-9-15-17(27-21(12,2)3)8-7-16-19(15)26-20-14-6-5-13(24-4)10-18(14)25-11-22(16,20)23/h5-8,10,12,20,23H,9,11H2,1-4H3/t12-,20-,22+/m0/s1. The third kappa shape index (κ3) is 2.21. The monoisotopic (exact) mass is 368 g/mol. The van der Waals surface area contributed by atoms with Gasteiger partial charge in [-0.25, -0.2) is 0 Å². The van der Waals surface area contributed by atoms with E-state index in [1.165, 1.54) is 0 Å². The molecule has 0 amide bonds. The zero-order chi connectivity index (χ0) is 19.0. The number of fused-ring (bicyclic) bond motifs is 7. The molecule has 1 N–H and O–H groups in total. The van der Waals surface area contributed by atoms with Crippen molar-refractivity contribution in [2.45, 2.75) is 44.5 Å². The second kappa shape index (κ2) is 5.32. The van der Waals surface area contributed by atoms with Crippen molar-refractivity contribution in [1.82, 2.24) is 0 Å². The molecule has 0 aliphatic carbocycles. The van der Waals surface area contributed by atoms with E-state index in [-0.39, 0.29) is 12.2 Å². The third-order valence-corrected chi connectivity index (χ3v) is 6.37. The normalized spacial score (nSPS) is 29.2. The fourth-order valence-corrected chi connectivity index (χ4v) is 4.31. The van der Waals surface area contributed by atoms with E-state index in [9.17, 15) is 5.11 Å². The predicted octanol–water partition coefficient (Wildman–Crippen LogP) is 3.76. The van der Waals surface area contributed by atoms with Crippen molar-refractivity contribution in [1.29, 1.82) is 0 Å². The van der Waals surface area contributed by atoms with E-state index < -0.39 is 11.7 Å². The van der Waals surface area contributed by atoms with E-state index in [1.54, 1.807) is 7.11 Å². The molecular weight excluding hydrogens is 344 g/mol. The first-order valence-electron chi connectivity index (χ1n) is 9.38. The van der Waals surface area contributed by atoms with Crippen molar-refractivity contribution < 1.29 is 24.1 Å². The van der Waals surface area contributed by atoms with Crippen LogP contribution >= 0.6 is 0 Å². The Morgan fingerprint density at radius 2 is 1.96 bits per heavy atom. The number of rotatable bonds is 1. The van der Waals surface area contributed by atoms with Gasteiger partial charge >= 0.3 is 0 Å². The molecular formula is C22H24O5. The van der Waals surface area contributed by atoms with Crippen LogP contribution in [-0.4, -0.2) is 24.4 Å². The van der Waals surface area contributed by atoms with Crippen LogP contribution in [0.1, 0.15) is 43.6 Å². The average Bonchev–Trinajstić information content (AvgIpc) is 2.95. The fourth-order valence-electron chi connectivity index (χ4n) is 4.31. The zero-order valence-electron chi connectivity index (χ0n) is 16.0. The minimum absolute atomic E-state index is 0.144. The van der Waals surface area contributed by atoms with Gasteiger partial charge in [0.15, 0.2) is 11.7 Å². The van der Waals surface area contributed by atoms with Gasteiger partial charge in [0.05, 0.1) is 7.11 Å². The highest BCUT2D eigenvalue weighted by Crippen LogP contribution is 2.57. The second-order valence-corrected chi connectivity index (χ2v) is 8.34. The lowest BCUT2D eigenvalue weighted by Crippen LogP contribution is -2.41. The predicted molar refractivity (Wildman–Crippen MR) is 99.8 cm³/mol. The lowest BCUT2D eigenvalue weighted by atomic mass is 9.80. The quantitative estimate of drug-likeness (QED) is 0.831. The zero-order valence-corrected chi connectivity index (χ0v) is 16.0. The van der Waals surface area contributed by atoms with Gasteiger partial charge in [-0.3, -0.25) is 0 Å². The Morgan fingerprint density at radius 1 is 1.15 bits per heavy atom. The number of methoxy groups -OCH3 is 1. The summed E-state index contributed by atoms with van der Waals surface area (Å²) in [5.74, 6) is 3.34. The topological polar surface area (TPSA) is 57.2 Å². The molecule has 0 unspecified atom stereocenters. The lowest BCUT2D eigenvalue weighted by Gasteiger charge is -2.38. The molecule has 0 saturated carbocycles. The maximum absolute atomic E-state index is 11.5. The summed E-state index contributed by atoms with van der Waals surface area (Å²) in [6.07, 6.45) is 0.351. The van der Waals surface area contributed by atoms with Crippen LogP contribution in [0.4, 0.5) is 0 Å². The van der Waals surface area contributed by atoms with Crippen LogP contribution in [-0.2, 0) is 12.0 Å². The van der Waals surface area contributed by atoms with E-state index in [0.717, 1.165) is 40.4 Å². The maximum atomic E-state index is 11.5. The first-order valence-corrected chi connectivity index (χ1v) is 9.38. The maximum Gasteiger partial charge on any atom is 0.168 e. The molecule has 0 radical (unpaired) electrons. The van der Waals surface area contributed by atoms with Crippen molar-refractivity contribution in [2.24, 2.45) is 5.92 Å². The number of hydrogen-bond acceptors (Lipinski definition) is 5. The van der Waals surface area contributed by atoms with E-state index in [2.05, 4.69) is 20.8 Å². The van der Waals surface area contributed by atoms with Crippen molar-refractivity contribution >= 4 is 0 Å². The van der Waals surface area contributed by atoms with Crippen LogP contribution in [0.25, 0.3) is 0 Å². The SMILES string of the molecule is COc1ccc2c(c1)OC[C@@]1(O)c3ccc4c(c3O[C@@H]21)C[C@H](C)C(C)(C)O4.